The summed E-state index contributed by atoms with van der Waals surface area (Å²) in [6, 6.07) is 0. The molecule has 0 aliphatic rings. The van der Waals surface area contributed by atoms with E-state index < -0.39 is 0 Å². The van der Waals surface area contributed by atoms with Crippen LogP contribution in [0.5, 0.6) is 0 Å². The first kappa shape index (κ1) is 11.9. The van der Waals surface area contributed by atoms with Crippen molar-refractivity contribution in [2.75, 3.05) is 0 Å². The second-order valence-electron chi connectivity index (χ2n) is 3.73. The normalized spacial score (nSPS) is 10.8. The third-order valence-electron chi connectivity index (χ3n) is 2.37. The molecule has 6 heteroatoms. The van der Waals surface area contributed by atoms with Crippen LogP contribution in [0.4, 0.5) is 0 Å². The third kappa shape index (κ3) is 2.76. The summed E-state index contributed by atoms with van der Waals surface area (Å²) in [5.74, 6) is 1.97. The van der Waals surface area contributed by atoms with Crippen LogP contribution in [0.1, 0.15) is 22.9 Å². The van der Waals surface area contributed by atoms with E-state index in [0.29, 0.717) is 22.4 Å². The van der Waals surface area contributed by atoms with Crippen LogP contribution >= 0.6 is 11.8 Å². The van der Waals surface area contributed by atoms with E-state index in [4.69, 9.17) is 4.42 Å². The Kier molecular flexibility index (Phi) is 3.33. The van der Waals surface area contributed by atoms with Crippen molar-refractivity contribution >= 4 is 11.8 Å². The van der Waals surface area contributed by atoms with Crippen molar-refractivity contribution in [2.24, 2.45) is 0 Å². The van der Waals surface area contributed by atoms with Crippen molar-refractivity contribution < 1.29 is 4.42 Å². The minimum absolute atomic E-state index is 0.0939. The molecule has 0 fully saturated rings. The lowest BCUT2D eigenvalue weighted by atomic mass is 10.3. The molecule has 0 bridgehead atoms. The molecule has 0 aliphatic carbocycles. The number of H-pyrrole nitrogens is 1. The van der Waals surface area contributed by atoms with Crippen molar-refractivity contribution in [1.29, 1.82) is 0 Å². The molecule has 0 radical (unpaired) electrons. The zero-order chi connectivity index (χ0) is 12.4. The summed E-state index contributed by atoms with van der Waals surface area (Å²) in [7, 11) is 0. The number of thioether (sulfide) groups is 1. The zero-order valence-corrected chi connectivity index (χ0v) is 10.7. The molecule has 2 heterocycles. The Balaban J connectivity index is 2.12. The number of hydrogen-bond donors (Lipinski definition) is 1. The van der Waals surface area contributed by atoms with Crippen LogP contribution in [0.3, 0.4) is 0 Å². The average Bonchev–Trinajstić information content (AvgIpc) is 2.69. The van der Waals surface area contributed by atoms with E-state index in [2.05, 4.69) is 15.0 Å². The molecule has 2 aromatic heterocycles. The van der Waals surface area contributed by atoms with E-state index in [9.17, 15) is 4.79 Å². The van der Waals surface area contributed by atoms with Crippen molar-refractivity contribution in [3.8, 4) is 0 Å². The van der Waals surface area contributed by atoms with Gasteiger partial charge in [0, 0.05) is 11.3 Å². The van der Waals surface area contributed by atoms with Gasteiger partial charge in [-0.15, -0.1) is 0 Å². The quantitative estimate of drug-likeness (QED) is 0.667. The number of nitrogens with zero attached hydrogens (tertiary/aromatic N) is 2. The molecule has 17 heavy (non-hydrogen) atoms. The number of hydrogen-bond acceptors (Lipinski definition) is 5. The van der Waals surface area contributed by atoms with Gasteiger partial charge in [-0.1, -0.05) is 11.8 Å². The molecule has 0 atom stereocenters. The van der Waals surface area contributed by atoms with E-state index in [-0.39, 0.29) is 5.56 Å². The SMILES string of the molecule is Cc1cnc(CSc2nc(C)c(C)c(=O)[nH]2)o1. The molecular formula is C11H13N3O2S. The second-order valence-corrected chi connectivity index (χ2v) is 4.70. The Morgan fingerprint density at radius 3 is 2.76 bits per heavy atom. The van der Waals surface area contributed by atoms with Crippen LogP contribution in [0.25, 0.3) is 0 Å². The molecule has 5 nitrogen and oxygen atoms in total. The second kappa shape index (κ2) is 4.75. The highest BCUT2D eigenvalue weighted by atomic mass is 32.2. The summed E-state index contributed by atoms with van der Waals surface area (Å²) in [4.78, 5) is 22.6. The molecule has 2 aromatic rings. The first-order valence-electron chi connectivity index (χ1n) is 5.18. The summed E-state index contributed by atoms with van der Waals surface area (Å²) in [6.45, 7) is 5.42. The van der Waals surface area contributed by atoms with Gasteiger partial charge in [-0.3, -0.25) is 4.79 Å². The first-order chi connectivity index (χ1) is 8.06. The lowest BCUT2D eigenvalue weighted by Crippen LogP contribution is -2.14. The van der Waals surface area contributed by atoms with E-state index in [1.165, 1.54) is 11.8 Å². The summed E-state index contributed by atoms with van der Waals surface area (Å²) < 4.78 is 5.34. The van der Waals surface area contributed by atoms with Crippen LogP contribution in [0.15, 0.2) is 20.6 Å². The maximum absolute atomic E-state index is 11.5. The van der Waals surface area contributed by atoms with Crippen LogP contribution in [-0.4, -0.2) is 15.0 Å². The fourth-order valence-corrected chi connectivity index (χ4v) is 2.05. The predicted molar refractivity (Wildman–Crippen MR) is 65.1 cm³/mol. The minimum atomic E-state index is -0.0939. The molecule has 0 amide bonds. The Morgan fingerprint density at radius 1 is 1.41 bits per heavy atom. The van der Waals surface area contributed by atoms with Crippen molar-refractivity contribution in [3.63, 3.8) is 0 Å². The molecular weight excluding hydrogens is 238 g/mol. The molecule has 0 spiro atoms. The summed E-state index contributed by atoms with van der Waals surface area (Å²) in [5, 5.41) is 0.592. The van der Waals surface area contributed by atoms with Gasteiger partial charge in [-0.25, -0.2) is 9.97 Å². The van der Waals surface area contributed by atoms with Gasteiger partial charge < -0.3 is 9.40 Å². The van der Waals surface area contributed by atoms with Crippen molar-refractivity contribution in [3.05, 3.63) is 39.5 Å². The maximum atomic E-state index is 11.5. The van der Waals surface area contributed by atoms with Crippen molar-refractivity contribution in [1.82, 2.24) is 15.0 Å². The Hall–Kier alpha value is -1.56. The minimum Gasteiger partial charge on any atom is -0.445 e. The molecule has 0 saturated carbocycles. The highest BCUT2D eigenvalue weighted by Crippen LogP contribution is 2.18. The van der Waals surface area contributed by atoms with Crippen LogP contribution < -0.4 is 5.56 Å². The van der Waals surface area contributed by atoms with E-state index in [0.717, 1.165) is 11.5 Å². The average molecular weight is 251 g/mol. The zero-order valence-electron chi connectivity index (χ0n) is 9.90. The molecule has 1 N–H and O–H groups in total. The van der Waals surface area contributed by atoms with Crippen molar-refractivity contribution in [2.45, 2.75) is 31.7 Å². The van der Waals surface area contributed by atoms with Gasteiger partial charge in [0.05, 0.1) is 11.9 Å². The molecule has 0 unspecified atom stereocenters. The summed E-state index contributed by atoms with van der Waals surface area (Å²) in [5.41, 5.74) is 1.31. The van der Waals surface area contributed by atoms with E-state index in [1.807, 2.05) is 13.8 Å². The molecule has 2 rings (SSSR count). The highest BCUT2D eigenvalue weighted by molar-refractivity contribution is 7.98. The van der Waals surface area contributed by atoms with Gasteiger partial charge in [-0.2, -0.15) is 0 Å². The number of rotatable bonds is 3. The number of nitrogens with one attached hydrogen (secondary N) is 1. The van der Waals surface area contributed by atoms with Gasteiger partial charge >= 0.3 is 0 Å². The molecule has 0 saturated heterocycles. The van der Waals surface area contributed by atoms with E-state index in [1.54, 1.807) is 13.1 Å². The maximum Gasteiger partial charge on any atom is 0.254 e. The van der Waals surface area contributed by atoms with Gasteiger partial charge in [0.2, 0.25) is 5.89 Å². The van der Waals surface area contributed by atoms with Gasteiger partial charge in [-0.05, 0) is 20.8 Å². The van der Waals surface area contributed by atoms with Gasteiger partial charge in [0.1, 0.15) is 5.76 Å². The summed E-state index contributed by atoms with van der Waals surface area (Å²) >= 11 is 1.40. The highest BCUT2D eigenvalue weighted by Gasteiger charge is 2.06. The Bertz CT molecular complexity index is 589. The van der Waals surface area contributed by atoms with Gasteiger partial charge in [0.15, 0.2) is 5.16 Å². The Morgan fingerprint density at radius 2 is 2.18 bits per heavy atom. The molecule has 90 valence electrons. The topological polar surface area (TPSA) is 71.8 Å². The number of aryl methyl sites for hydroxylation is 2. The fourth-order valence-electron chi connectivity index (χ4n) is 1.29. The predicted octanol–water partition coefficient (Wildman–Crippen LogP) is 1.98. The lowest BCUT2D eigenvalue weighted by Gasteiger charge is -2.02. The fraction of sp³-hybridized carbons (Fsp3) is 0.364. The first-order valence-corrected chi connectivity index (χ1v) is 6.16. The van der Waals surface area contributed by atoms with E-state index >= 15 is 0 Å². The standard InChI is InChI=1S/C11H13N3O2S/c1-6-4-12-9(16-6)5-17-11-13-8(3)7(2)10(15)14-11/h4H,5H2,1-3H3,(H,13,14,15). The largest absolute Gasteiger partial charge is 0.445 e. The smallest absolute Gasteiger partial charge is 0.254 e. The van der Waals surface area contributed by atoms with Crippen LogP contribution in [0, 0.1) is 20.8 Å². The Labute approximate surface area is 103 Å². The van der Waals surface area contributed by atoms with Crippen LogP contribution in [-0.2, 0) is 5.75 Å². The molecule has 0 aromatic carbocycles. The van der Waals surface area contributed by atoms with Crippen LogP contribution in [0.2, 0.25) is 0 Å². The summed E-state index contributed by atoms with van der Waals surface area (Å²) in [6.07, 6.45) is 1.67. The number of oxazole rings is 1. The monoisotopic (exact) mass is 251 g/mol. The van der Waals surface area contributed by atoms with Gasteiger partial charge in [0.25, 0.3) is 5.56 Å². The molecule has 0 aliphatic heterocycles. The number of aromatic nitrogens is 3. The number of aromatic amines is 1. The third-order valence-corrected chi connectivity index (χ3v) is 3.23. The lowest BCUT2D eigenvalue weighted by molar-refractivity contribution is 0.490.